The molecule has 2 saturated heterocycles. The number of rotatable bonds is 14. The highest BCUT2D eigenvalue weighted by Crippen LogP contribution is 2.65. The number of nitrogens with zero attached hydrogens (tertiary/aromatic N) is 7. The van der Waals surface area contributed by atoms with Crippen LogP contribution in [0.2, 0.25) is 0 Å². The summed E-state index contributed by atoms with van der Waals surface area (Å²) in [6.07, 6.45) is -10.7. The molecular weight excluding hydrogens is 820 g/mol. The Bertz CT molecular complexity index is 2300. The summed E-state index contributed by atoms with van der Waals surface area (Å²) in [5.41, 5.74) is 10.4. The van der Waals surface area contributed by atoms with E-state index in [0.29, 0.717) is 0 Å². The van der Waals surface area contributed by atoms with Crippen molar-refractivity contribution in [2.75, 3.05) is 30.6 Å². The van der Waals surface area contributed by atoms with E-state index < -0.39 is 105 Å². The molecule has 0 saturated carbocycles. The SMILES string of the molecule is Nc1nc2c(ncn2[C@@H]2O[C@H](COP(=O)(O)O[C@H]3[C@@H](O)[C@H](n4cnc5c(N)ncnc54)O[C@@H]3COP(=O)(O)CP(=O)(O)OP(=O)(O)O)[C@@H](O)[C@H]2O)c(=O)[nH]1. The van der Waals surface area contributed by atoms with Crippen LogP contribution in [0, 0.1) is 0 Å². The number of hydrogen-bond acceptors (Lipinski definition) is 21. The molecule has 6 heterocycles. The number of phosphoric acid groups is 2. The molecule has 0 aromatic carbocycles. The minimum Gasteiger partial charge on any atom is -0.387 e. The standard InChI is InChI=1S/C21H30N10O19P4/c22-15-9-16(25-3-24-15)30(4-26-9)20-13(34)14(8(48-20)2-45-51(36,37)6-52(38,39)50-53(40,41)42)49-54(43,44)46-1-7-11(32)12(33)19(47-7)31-5-27-10-17(31)28-21(23)29-18(10)35/h3-5,7-8,11-14,19-20,32-34H,1-2,6H2,(H,36,37)(H,38,39)(H,43,44)(H2,22,24,25)(H2,40,41,42)(H3,23,28,29,35)/t7-,8-,11-,12-,13-,14-,19-,20-/m1/s1. The van der Waals surface area contributed by atoms with Crippen molar-refractivity contribution in [3.8, 4) is 0 Å². The quantitative estimate of drug-likeness (QED) is 0.0562. The zero-order valence-corrected chi connectivity index (χ0v) is 30.2. The van der Waals surface area contributed by atoms with Gasteiger partial charge in [0, 0.05) is 0 Å². The first kappa shape index (κ1) is 40.5. The average molecular weight is 850 g/mol. The fourth-order valence-electron chi connectivity index (χ4n) is 5.50. The smallest absolute Gasteiger partial charge is 0.387 e. The molecule has 2 aliphatic rings. The minimum atomic E-state index is -5.61. The third-order valence-corrected chi connectivity index (χ3v) is 14.0. The van der Waals surface area contributed by atoms with Crippen LogP contribution < -0.4 is 17.0 Å². The predicted octanol–water partition coefficient (Wildman–Crippen LogP) is -3.04. The van der Waals surface area contributed by atoms with Crippen LogP contribution in [0.5, 0.6) is 0 Å². The number of H-pyrrole nitrogens is 1. The lowest BCUT2D eigenvalue weighted by atomic mass is 10.1. The molecule has 33 heteroatoms. The largest absolute Gasteiger partial charge is 0.476 e. The number of aromatic amines is 1. The first-order valence-electron chi connectivity index (χ1n) is 14.8. The van der Waals surface area contributed by atoms with Crippen LogP contribution >= 0.6 is 30.8 Å². The number of imidazole rings is 2. The Labute approximate surface area is 298 Å². The zero-order valence-electron chi connectivity index (χ0n) is 26.6. The molecule has 54 heavy (non-hydrogen) atoms. The second-order valence-electron chi connectivity index (χ2n) is 11.6. The third kappa shape index (κ3) is 8.63. The number of ether oxygens (including phenoxy) is 2. The summed E-state index contributed by atoms with van der Waals surface area (Å²) in [5.74, 6) is -2.21. The molecule has 4 aromatic heterocycles. The molecule has 0 bridgehead atoms. The fourth-order valence-corrected chi connectivity index (χ4v) is 11.0. The molecule has 4 aromatic rings. The van der Waals surface area contributed by atoms with Crippen molar-refractivity contribution in [1.29, 1.82) is 0 Å². The van der Waals surface area contributed by atoms with Crippen molar-refractivity contribution in [3.05, 3.63) is 29.3 Å². The molecule has 6 rings (SSSR count). The van der Waals surface area contributed by atoms with Crippen molar-refractivity contribution in [2.24, 2.45) is 0 Å². The lowest BCUT2D eigenvalue weighted by Gasteiger charge is -2.25. The summed E-state index contributed by atoms with van der Waals surface area (Å²) >= 11 is 0. The minimum absolute atomic E-state index is 0.0208. The number of nitrogen functional groups attached to an aromatic ring is 2. The van der Waals surface area contributed by atoms with Gasteiger partial charge in [-0.15, -0.1) is 0 Å². The van der Waals surface area contributed by atoms with Crippen molar-refractivity contribution >= 4 is 64.9 Å². The topological polar surface area (TPSA) is 445 Å². The van der Waals surface area contributed by atoms with E-state index in [2.05, 4.69) is 34.2 Å². The van der Waals surface area contributed by atoms with Gasteiger partial charge in [-0.25, -0.2) is 33.4 Å². The Morgan fingerprint density at radius 3 is 2.07 bits per heavy atom. The van der Waals surface area contributed by atoms with Crippen LogP contribution in [0.15, 0.2) is 23.8 Å². The van der Waals surface area contributed by atoms with Gasteiger partial charge in [0.1, 0.15) is 48.5 Å². The van der Waals surface area contributed by atoms with E-state index in [1.807, 2.05) is 0 Å². The summed E-state index contributed by atoms with van der Waals surface area (Å²) in [4.78, 5) is 82.2. The highest BCUT2D eigenvalue weighted by Gasteiger charge is 2.51. The van der Waals surface area contributed by atoms with Gasteiger partial charge in [0.2, 0.25) is 5.95 Å². The van der Waals surface area contributed by atoms with Gasteiger partial charge in [0.25, 0.3) is 5.56 Å². The maximum Gasteiger partial charge on any atom is 0.476 e. The lowest BCUT2D eigenvalue weighted by molar-refractivity contribution is -0.0575. The number of anilines is 2. The van der Waals surface area contributed by atoms with Gasteiger partial charge in [-0.3, -0.25) is 37.1 Å². The number of aliphatic hydroxyl groups excluding tert-OH is 3. The summed E-state index contributed by atoms with van der Waals surface area (Å²) in [6, 6.07) is 0. The molecule has 29 nitrogen and oxygen atoms in total. The molecule has 11 atom stereocenters. The van der Waals surface area contributed by atoms with E-state index in [9.17, 15) is 53.1 Å². The van der Waals surface area contributed by atoms with E-state index in [1.165, 1.54) is 0 Å². The highest BCUT2D eigenvalue weighted by molar-refractivity contribution is 7.74. The summed E-state index contributed by atoms with van der Waals surface area (Å²) < 4.78 is 81.1. The highest BCUT2D eigenvalue weighted by atomic mass is 31.3. The number of phosphoric ester groups is 1. The number of aliphatic hydroxyl groups is 3. The maximum atomic E-state index is 13.2. The van der Waals surface area contributed by atoms with Gasteiger partial charge in [0.05, 0.1) is 25.9 Å². The second-order valence-corrected chi connectivity index (χ2v) is 18.6. The Morgan fingerprint density at radius 2 is 1.39 bits per heavy atom. The van der Waals surface area contributed by atoms with Gasteiger partial charge in [-0.05, 0) is 0 Å². The zero-order chi connectivity index (χ0) is 39.5. The van der Waals surface area contributed by atoms with Crippen LogP contribution in [0.3, 0.4) is 0 Å². The Kier molecular flexibility index (Phi) is 11.1. The van der Waals surface area contributed by atoms with Crippen molar-refractivity contribution in [1.82, 2.24) is 39.0 Å². The van der Waals surface area contributed by atoms with Gasteiger partial charge < -0.3 is 65.3 Å². The molecule has 2 fully saturated rings. The van der Waals surface area contributed by atoms with E-state index in [1.54, 1.807) is 0 Å². The normalized spacial score (nSPS) is 29.7. The second kappa shape index (κ2) is 14.7. The van der Waals surface area contributed by atoms with Crippen LogP contribution in [-0.2, 0) is 45.6 Å². The van der Waals surface area contributed by atoms with Crippen LogP contribution in [-0.4, -0.2) is 135 Å². The predicted molar refractivity (Wildman–Crippen MR) is 172 cm³/mol. The first-order valence-corrected chi connectivity index (χ1v) is 21.3. The van der Waals surface area contributed by atoms with Crippen molar-refractivity contribution in [2.45, 2.75) is 49.1 Å². The Hall–Kier alpha value is -3.14. The summed E-state index contributed by atoms with van der Waals surface area (Å²) in [7, 11) is -21.7. The van der Waals surface area contributed by atoms with Gasteiger partial charge in [-0.1, -0.05) is 0 Å². The Morgan fingerprint density at radius 1 is 0.778 bits per heavy atom. The molecule has 298 valence electrons. The number of nitrogens with one attached hydrogen (secondary N) is 1. The Balaban J connectivity index is 1.19. The van der Waals surface area contributed by atoms with Crippen molar-refractivity contribution in [3.63, 3.8) is 0 Å². The van der Waals surface area contributed by atoms with Gasteiger partial charge in [0.15, 0.2) is 41.0 Å². The average Bonchev–Trinajstić information content (AvgIpc) is 3.79. The maximum absolute atomic E-state index is 13.2. The number of hydrogen-bond donors (Lipinski definition) is 11. The number of nitrogens with two attached hydrogens (primary N) is 2. The van der Waals surface area contributed by atoms with Crippen LogP contribution in [0.25, 0.3) is 22.3 Å². The molecule has 2 aliphatic heterocycles. The monoisotopic (exact) mass is 850 g/mol. The van der Waals surface area contributed by atoms with E-state index in [0.717, 1.165) is 28.1 Å². The van der Waals surface area contributed by atoms with E-state index >= 15 is 0 Å². The third-order valence-electron chi connectivity index (χ3n) is 7.72. The molecule has 13 N–H and O–H groups in total. The lowest BCUT2D eigenvalue weighted by Crippen LogP contribution is -2.37. The van der Waals surface area contributed by atoms with Gasteiger partial charge in [-0.2, -0.15) is 4.98 Å². The molecule has 0 aliphatic carbocycles. The van der Waals surface area contributed by atoms with Gasteiger partial charge >= 0.3 is 30.8 Å². The van der Waals surface area contributed by atoms with Crippen LogP contribution in [0.4, 0.5) is 11.8 Å². The molecule has 0 amide bonds. The van der Waals surface area contributed by atoms with Crippen molar-refractivity contribution < 1.29 is 85.4 Å². The molecule has 0 spiro atoms. The molecule has 3 unspecified atom stereocenters. The summed E-state index contributed by atoms with van der Waals surface area (Å²) in [5, 5.41) is 32.6. The fraction of sp³-hybridized carbons (Fsp3) is 0.524. The number of fused-ring (bicyclic) bond motifs is 2. The molecular formula is C21H30N10O19P4. The summed E-state index contributed by atoms with van der Waals surface area (Å²) in [6.45, 7) is -2.11. The van der Waals surface area contributed by atoms with E-state index in [-0.39, 0.29) is 34.1 Å². The van der Waals surface area contributed by atoms with Crippen LogP contribution in [0.1, 0.15) is 12.5 Å². The first-order chi connectivity index (χ1) is 25.0. The van der Waals surface area contributed by atoms with E-state index in [4.69, 9.17) is 44.3 Å². The number of aromatic nitrogens is 8. The molecule has 0 radical (unpaired) electrons.